The van der Waals surface area contributed by atoms with Crippen LogP contribution in [0.5, 0.6) is 0 Å². The molecule has 0 spiro atoms. The number of halogens is 7. The van der Waals surface area contributed by atoms with Crippen LogP contribution in [0.25, 0.3) is 0 Å². The fraction of sp³-hybridized carbons (Fsp3) is 0.188. The van der Waals surface area contributed by atoms with E-state index in [0.29, 0.717) is 12.1 Å². The first-order chi connectivity index (χ1) is 11.4. The van der Waals surface area contributed by atoms with E-state index in [4.69, 9.17) is 17.3 Å². The van der Waals surface area contributed by atoms with Gasteiger partial charge >= 0.3 is 12.4 Å². The molecule has 0 radical (unpaired) electrons. The van der Waals surface area contributed by atoms with E-state index < -0.39 is 40.0 Å². The summed E-state index contributed by atoms with van der Waals surface area (Å²) >= 11 is 5.50. The first-order valence-electron chi connectivity index (χ1n) is 6.68. The molecule has 0 aliphatic heterocycles. The molecule has 0 bridgehead atoms. The molecule has 0 saturated heterocycles. The summed E-state index contributed by atoms with van der Waals surface area (Å²) in [6, 6.07) is 6.94. The highest BCUT2D eigenvalue weighted by Crippen LogP contribution is 2.41. The maximum Gasteiger partial charge on any atom is 0.417 e. The Labute approximate surface area is 143 Å². The fourth-order valence-electron chi connectivity index (χ4n) is 2.33. The van der Waals surface area contributed by atoms with Crippen molar-refractivity contribution in [2.24, 2.45) is 0 Å². The summed E-state index contributed by atoms with van der Waals surface area (Å²) in [5, 5.41) is 8.68. The van der Waals surface area contributed by atoms with Gasteiger partial charge in [-0.25, -0.2) is 0 Å². The Morgan fingerprint density at radius 2 is 1.52 bits per heavy atom. The van der Waals surface area contributed by atoms with Crippen molar-refractivity contribution in [3.8, 4) is 6.07 Å². The minimum atomic E-state index is -4.82. The zero-order valence-electron chi connectivity index (χ0n) is 12.2. The molecule has 2 aromatic rings. The molecule has 2 aromatic carbocycles. The van der Waals surface area contributed by atoms with Crippen molar-refractivity contribution in [1.29, 1.82) is 5.26 Å². The minimum Gasteiger partial charge on any atom is -0.399 e. The Morgan fingerprint density at radius 3 is 2.04 bits per heavy atom. The van der Waals surface area contributed by atoms with Gasteiger partial charge in [0.15, 0.2) is 0 Å². The maximum atomic E-state index is 13.2. The van der Waals surface area contributed by atoms with Crippen LogP contribution in [0.2, 0.25) is 5.02 Å². The average Bonchev–Trinajstić information content (AvgIpc) is 2.48. The summed E-state index contributed by atoms with van der Waals surface area (Å²) in [6.45, 7) is 0. The van der Waals surface area contributed by atoms with Crippen LogP contribution in [-0.4, -0.2) is 0 Å². The van der Waals surface area contributed by atoms with Crippen molar-refractivity contribution in [3.63, 3.8) is 0 Å². The van der Waals surface area contributed by atoms with E-state index in [9.17, 15) is 31.6 Å². The van der Waals surface area contributed by atoms with Gasteiger partial charge in [0.2, 0.25) is 0 Å². The Balaban J connectivity index is 2.66. The van der Waals surface area contributed by atoms with Gasteiger partial charge in [-0.05, 0) is 35.4 Å². The molecule has 0 aliphatic carbocycles. The third-order valence-electron chi connectivity index (χ3n) is 3.45. The molecule has 2 N–H and O–H groups in total. The average molecular weight is 379 g/mol. The van der Waals surface area contributed by atoms with Gasteiger partial charge in [0.25, 0.3) is 0 Å². The zero-order chi connectivity index (χ0) is 19.0. The lowest BCUT2D eigenvalue weighted by Gasteiger charge is -2.19. The standard InChI is InChI=1S/C16H9ClF6N2/c17-14-4-1-8(5-13(14)16(21,22)23)11(7-24)10-3-2-9(25)6-12(10)15(18,19)20/h1-6,11H,25H2. The number of nitrogens with zero attached hydrogens (tertiary/aromatic N) is 1. The number of nitrogen functional groups attached to an aromatic ring is 1. The molecule has 0 amide bonds. The molecule has 0 heterocycles. The van der Waals surface area contributed by atoms with Gasteiger partial charge in [-0.3, -0.25) is 0 Å². The van der Waals surface area contributed by atoms with E-state index in [2.05, 4.69) is 0 Å². The third kappa shape index (κ3) is 3.99. The number of nitriles is 1. The maximum absolute atomic E-state index is 13.2. The van der Waals surface area contributed by atoms with Crippen molar-refractivity contribution in [2.45, 2.75) is 18.3 Å². The molecule has 25 heavy (non-hydrogen) atoms. The number of benzene rings is 2. The van der Waals surface area contributed by atoms with Gasteiger partial charge in [-0.15, -0.1) is 0 Å². The summed E-state index contributed by atoms with van der Waals surface area (Å²) < 4.78 is 78.5. The van der Waals surface area contributed by atoms with Crippen molar-refractivity contribution in [2.75, 3.05) is 5.73 Å². The number of rotatable bonds is 2. The molecular weight excluding hydrogens is 370 g/mol. The van der Waals surface area contributed by atoms with Gasteiger partial charge in [0.05, 0.1) is 28.1 Å². The highest BCUT2D eigenvalue weighted by atomic mass is 35.5. The number of hydrogen-bond acceptors (Lipinski definition) is 2. The van der Waals surface area contributed by atoms with Gasteiger partial charge in [0.1, 0.15) is 0 Å². The summed E-state index contributed by atoms with van der Waals surface area (Å²) in [5.41, 5.74) is 2.03. The second kappa shape index (κ2) is 6.48. The third-order valence-corrected chi connectivity index (χ3v) is 3.78. The van der Waals surface area contributed by atoms with Crippen LogP contribution in [0.1, 0.15) is 28.2 Å². The number of anilines is 1. The number of nitrogens with two attached hydrogens (primary N) is 1. The van der Waals surface area contributed by atoms with E-state index in [1.54, 1.807) is 6.07 Å². The second-order valence-corrected chi connectivity index (χ2v) is 5.55. The molecule has 1 unspecified atom stereocenters. The smallest absolute Gasteiger partial charge is 0.399 e. The van der Waals surface area contributed by atoms with Gasteiger partial charge in [0, 0.05) is 5.69 Å². The predicted molar refractivity (Wildman–Crippen MR) is 79.8 cm³/mol. The summed E-state index contributed by atoms with van der Waals surface area (Å²) in [5.74, 6) is -1.57. The molecule has 2 nitrogen and oxygen atoms in total. The van der Waals surface area contributed by atoms with Crippen molar-refractivity contribution in [3.05, 3.63) is 63.7 Å². The summed E-state index contributed by atoms with van der Waals surface area (Å²) in [7, 11) is 0. The minimum absolute atomic E-state index is 0.181. The van der Waals surface area contributed by atoms with Crippen LogP contribution < -0.4 is 5.73 Å². The lowest BCUT2D eigenvalue weighted by Crippen LogP contribution is -2.14. The number of alkyl halides is 6. The van der Waals surface area contributed by atoms with Gasteiger partial charge in [-0.1, -0.05) is 23.7 Å². The highest BCUT2D eigenvalue weighted by Gasteiger charge is 2.37. The first-order valence-corrected chi connectivity index (χ1v) is 7.06. The molecule has 0 aliphatic rings. The Morgan fingerprint density at radius 1 is 0.920 bits per heavy atom. The summed E-state index contributed by atoms with van der Waals surface area (Å²) in [6.07, 6.45) is -9.62. The molecule has 0 fully saturated rings. The normalized spacial score (nSPS) is 13.4. The lowest BCUT2D eigenvalue weighted by molar-refractivity contribution is -0.139. The molecule has 9 heteroatoms. The Kier molecular flexibility index (Phi) is 4.91. The molecule has 132 valence electrons. The molecule has 1 atom stereocenters. The highest BCUT2D eigenvalue weighted by molar-refractivity contribution is 6.31. The number of hydrogen-bond donors (Lipinski definition) is 1. The summed E-state index contributed by atoms with van der Waals surface area (Å²) in [4.78, 5) is 0. The first kappa shape index (κ1) is 18.9. The molecule has 0 saturated carbocycles. The van der Waals surface area contributed by atoms with Gasteiger partial charge in [-0.2, -0.15) is 31.6 Å². The van der Waals surface area contributed by atoms with Crippen molar-refractivity contribution in [1.82, 2.24) is 0 Å². The molecule has 2 rings (SSSR count). The van der Waals surface area contributed by atoms with E-state index in [0.717, 1.165) is 24.3 Å². The quantitative estimate of drug-likeness (QED) is 0.545. The lowest BCUT2D eigenvalue weighted by atomic mass is 9.88. The van der Waals surface area contributed by atoms with Crippen LogP contribution in [0.3, 0.4) is 0 Å². The SMILES string of the molecule is N#CC(c1ccc(Cl)c(C(F)(F)F)c1)c1ccc(N)cc1C(F)(F)F. The van der Waals surface area contributed by atoms with Crippen LogP contribution in [0.15, 0.2) is 36.4 Å². The predicted octanol–water partition coefficient (Wildman–Crippen LogP) is 5.62. The molecular formula is C16H9ClF6N2. The monoisotopic (exact) mass is 378 g/mol. The van der Waals surface area contributed by atoms with E-state index in [1.165, 1.54) is 0 Å². The largest absolute Gasteiger partial charge is 0.417 e. The van der Waals surface area contributed by atoms with E-state index >= 15 is 0 Å². The van der Waals surface area contributed by atoms with Gasteiger partial charge < -0.3 is 5.73 Å². The van der Waals surface area contributed by atoms with Crippen LogP contribution >= 0.6 is 11.6 Å². The van der Waals surface area contributed by atoms with Crippen LogP contribution in [0, 0.1) is 11.3 Å². The topological polar surface area (TPSA) is 49.8 Å². The van der Waals surface area contributed by atoms with Crippen LogP contribution in [-0.2, 0) is 12.4 Å². The zero-order valence-corrected chi connectivity index (χ0v) is 13.0. The van der Waals surface area contributed by atoms with E-state index in [1.807, 2.05) is 0 Å². The van der Waals surface area contributed by atoms with E-state index in [-0.39, 0.29) is 11.3 Å². The van der Waals surface area contributed by atoms with Crippen molar-refractivity contribution < 1.29 is 26.3 Å². The second-order valence-electron chi connectivity index (χ2n) is 5.14. The van der Waals surface area contributed by atoms with Crippen LogP contribution in [0.4, 0.5) is 32.0 Å². The Hall–Kier alpha value is -2.40. The fourth-order valence-corrected chi connectivity index (χ4v) is 2.56. The van der Waals surface area contributed by atoms with Crippen molar-refractivity contribution >= 4 is 17.3 Å². The Bertz CT molecular complexity index is 836. The molecule has 0 aromatic heterocycles.